The van der Waals surface area contributed by atoms with Crippen molar-refractivity contribution in [3.63, 3.8) is 0 Å². The van der Waals surface area contributed by atoms with E-state index < -0.39 is 0 Å². The van der Waals surface area contributed by atoms with Crippen molar-refractivity contribution in [3.05, 3.63) is 35.4 Å². The van der Waals surface area contributed by atoms with Crippen LogP contribution >= 0.6 is 0 Å². The quantitative estimate of drug-likeness (QED) is 0.912. The van der Waals surface area contributed by atoms with Crippen LogP contribution in [0.2, 0.25) is 0 Å². The van der Waals surface area contributed by atoms with Gasteiger partial charge in [-0.25, -0.2) is 0 Å². The first-order valence-electron chi connectivity index (χ1n) is 9.79. The summed E-state index contributed by atoms with van der Waals surface area (Å²) in [5, 5.41) is 3.28. The maximum atomic E-state index is 12.5. The number of amides is 1. The Morgan fingerprint density at radius 1 is 1.17 bits per heavy atom. The highest BCUT2D eigenvalue weighted by atomic mass is 16.1. The van der Waals surface area contributed by atoms with Gasteiger partial charge in [0.15, 0.2) is 0 Å². The van der Waals surface area contributed by atoms with E-state index in [0.717, 1.165) is 29.9 Å². The summed E-state index contributed by atoms with van der Waals surface area (Å²) >= 11 is 0. The van der Waals surface area contributed by atoms with E-state index in [2.05, 4.69) is 29.3 Å². The van der Waals surface area contributed by atoms with Crippen LogP contribution in [0.3, 0.4) is 0 Å². The van der Waals surface area contributed by atoms with Crippen LogP contribution in [0.1, 0.15) is 61.4 Å². The van der Waals surface area contributed by atoms with Gasteiger partial charge in [0, 0.05) is 24.7 Å². The first-order valence-corrected chi connectivity index (χ1v) is 9.79. The molecule has 4 atom stereocenters. The number of hydrogen-bond donors (Lipinski definition) is 1. The van der Waals surface area contributed by atoms with Gasteiger partial charge < -0.3 is 5.32 Å². The monoisotopic (exact) mass is 326 g/mol. The van der Waals surface area contributed by atoms with Crippen molar-refractivity contribution in [2.24, 2.45) is 17.8 Å². The topological polar surface area (TPSA) is 32.3 Å². The smallest absolute Gasteiger partial charge is 0.251 e. The predicted molar refractivity (Wildman–Crippen MR) is 96.8 cm³/mol. The number of nitrogens with one attached hydrogen (secondary N) is 1. The molecular formula is C21H30N2O. The molecule has 1 amide bonds. The zero-order valence-corrected chi connectivity index (χ0v) is 14.8. The van der Waals surface area contributed by atoms with Gasteiger partial charge in [-0.15, -0.1) is 0 Å². The molecule has 130 valence electrons. The van der Waals surface area contributed by atoms with Crippen LogP contribution in [0.5, 0.6) is 0 Å². The van der Waals surface area contributed by atoms with Crippen LogP contribution in [0.4, 0.5) is 0 Å². The van der Waals surface area contributed by atoms with Gasteiger partial charge in [0.1, 0.15) is 0 Å². The molecule has 3 fully saturated rings. The minimum absolute atomic E-state index is 0.116. The van der Waals surface area contributed by atoms with Gasteiger partial charge in [-0.2, -0.15) is 0 Å². The SMILES string of the molecule is C[C@@H]1CCCN(Cc2ccc(C(=O)N[C@H]3C[C@H]4CC[C@H]3C4)cc2)C1. The number of nitrogens with zero attached hydrogens (tertiary/aromatic N) is 1. The van der Waals surface area contributed by atoms with Gasteiger partial charge in [0.25, 0.3) is 5.91 Å². The van der Waals surface area contributed by atoms with Gasteiger partial charge in [0.2, 0.25) is 0 Å². The molecule has 1 heterocycles. The highest BCUT2D eigenvalue weighted by Gasteiger charge is 2.40. The Hall–Kier alpha value is -1.35. The molecule has 24 heavy (non-hydrogen) atoms. The summed E-state index contributed by atoms with van der Waals surface area (Å²) in [5.41, 5.74) is 2.13. The lowest BCUT2D eigenvalue weighted by molar-refractivity contribution is 0.0923. The Kier molecular flexibility index (Phi) is 4.62. The number of benzene rings is 1. The van der Waals surface area contributed by atoms with Crippen LogP contribution < -0.4 is 5.32 Å². The van der Waals surface area contributed by atoms with Crippen LogP contribution in [0, 0.1) is 17.8 Å². The fourth-order valence-electron chi connectivity index (χ4n) is 5.12. The summed E-state index contributed by atoms with van der Waals surface area (Å²) in [7, 11) is 0. The second kappa shape index (κ2) is 6.87. The van der Waals surface area contributed by atoms with E-state index >= 15 is 0 Å². The molecule has 4 rings (SSSR count). The zero-order chi connectivity index (χ0) is 16.5. The highest BCUT2D eigenvalue weighted by molar-refractivity contribution is 5.94. The van der Waals surface area contributed by atoms with Gasteiger partial charge in [-0.05, 0) is 74.1 Å². The molecule has 2 bridgehead atoms. The largest absolute Gasteiger partial charge is 0.349 e. The molecule has 1 saturated heterocycles. The summed E-state index contributed by atoms with van der Waals surface area (Å²) < 4.78 is 0. The van der Waals surface area contributed by atoms with Crippen LogP contribution in [0.25, 0.3) is 0 Å². The van der Waals surface area contributed by atoms with Crippen molar-refractivity contribution in [3.8, 4) is 0 Å². The van der Waals surface area contributed by atoms with Gasteiger partial charge >= 0.3 is 0 Å². The summed E-state index contributed by atoms with van der Waals surface area (Å²) in [6.07, 6.45) is 7.88. The summed E-state index contributed by atoms with van der Waals surface area (Å²) in [5.74, 6) is 2.53. The van der Waals surface area contributed by atoms with E-state index in [1.165, 1.54) is 57.2 Å². The third-order valence-corrected chi connectivity index (χ3v) is 6.42. The van der Waals surface area contributed by atoms with Crippen molar-refractivity contribution >= 4 is 5.91 Å². The molecular weight excluding hydrogens is 296 g/mol. The molecule has 0 aromatic heterocycles. The number of rotatable bonds is 4. The lowest BCUT2D eigenvalue weighted by atomic mass is 9.95. The molecule has 1 aromatic carbocycles. The average molecular weight is 326 g/mol. The first kappa shape index (κ1) is 16.1. The van der Waals surface area contributed by atoms with Crippen molar-refractivity contribution in [1.29, 1.82) is 0 Å². The molecule has 3 nitrogen and oxygen atoms in total. The fourth-order valence-corrected chi connectivity index (χ4v) is 5.12. The van der Waals surface area contributed by atoms with Gasteiger partial charge in [0.05, 0.1) is 0 Å². The van der Waals surface area contributed by atoms with Crippen molar-refractivity contribution in [2.45, 2.75) is 58.0 Å². The third-order valence-electron chi connectivity index (χ3n) is 6.42. The van der Waals surface area contributed by atoms with E-state index in [-0.39, 0.29) is 5.91 Å². The van der Waals surface area contributed by atoms with Crippen molar-refractivity contribution in [1.82, 2.24) is 10.2 Å². The lowest BCUT2D eigenvalue weighted by Crippen LogP contribution is -2.38. The fraction of sp³-hybridized carbons (Fsp3) is 0.667. The molecule has 2 aliphatic carbocycles. The van der Waals surface area contributed by atoms with Crippen LogP contribution in [0.15, 0.2) is 24.3 Å². The van der Waals surface area contributed by atoms with E-state index in [1.807, 2.05) is 12.1 Å². The van der Waals surface area contributed by atoms with Crippen LogP contribution in [-0.2, 0) is 6.54 Å². The van der Waals surface area contributed by atoms with Gasteiger partial charge in [-0.3, -0.25) is 9.69 Å². The molecule has 3 aliphatic rings. The maximum Gasteiger partial charge on any atom is 0.251 e. The summed E-state index contributed by atoms with van der Waals surface area (Å²) in [6, 6.07) is 8.70. The molecule has 1 aliphatic heterocycles. The Labute approximate surface area is 145 Å². The predicted octanol–water partition coefficient (Wildman–Crippen LogP) is 3.84. The molecule has 0 unspecified atom stereocenters. The average Bonchev–Trinajstić information content (AvgIpc) is 3.18. The summed E-state index contributed by atoms with van der Waals surface area (Å²) in [4.78, 5) is 15.0. The zero-order valence-electron chi connectivity index (χ0n) is 14.8. The van der Waals surface area contributed by atoms with E-state index in [9.17, 15) is 4.79 Å². The molecule has 0 spiro atoms. The Morgan fingerprint density at radius 2 is 2.00 bits per heavy atom. The highest BCUT2D eigenvalue weighted by Crippen LogP contribution is 2.44. The van der Waals surface area contributed by atoms with E-state index in [1.54, 1.807) is 0 Å². The number of fused-ring (bicyclic) bond motifs is 2. The number of carbonyl (C=O) groups is 1. The second-order valence-corrected chi connectivity index (χ2v) is 8.43. The Morgan fingerprint density at radius 3 is 2.67 bits per heavy atom. The van der Waals surface area contributed by atoms with Crippen molar-refractivity contribution in [2.75, 3.05) is 13.1 Å². The van der Waals surface area contributed by atoms with Crippen LogP contribution in [-0.4, -0.2) is 29.9 Å². The molecule has 2 saturated carbocycles. The Balaban J connectivity index is 1.32. The maximum absolute atomic E-state index is 12.5. The standard InChI is InChI=1S/C21H30N2O/c1-15-3-2-10-23(13-15)14-16-4-7-18(8-5-16)21(24)22-20-12-17-6-9-19(20)11-17/h4-5,7-8,15,17,19-20H,2-3,6,9-14H2,1H3,(H,22,24)/t15-,17+,19+,20+/m1/s1. The van der Waals surface area contributed by atoms with Crippen molar-refractivity contribution < 1.29 is 4.79 Å². The van der Waals surface area contributed by atoms with E-state index in [0.29, 0.717) is 6.04 Å². The lowest BCUT2D eigenvalue weighted by Gasteiger charge is -2.30. The minimum Gasteiger partial charge on any atom is -0.349 e. The number of carbonyl (C=O) groups excluding carboxylic acids is 1. The third kappa shape index (κ3) is 3.51. The summed E-state index contributed by atoms with van der Waals surface area (Å²) in [6.45, 7) is 5.76. The van der Waals surface area contributed by atoms with Gasteiger partial charge in [-0.1, -0.05) is 25.5 Å². The Bertz CT molecular complexity index is 582. The molecule has 1 N–H and O–H groups in total. The minimum atomic E-state index is 0.116. The number of piperidine rings is 1. The molecule has 0 radical (unpaired) electrons. The molecule has 3 heteroatoms. The van der Waals surface area contributed by atoms with E-state index in [4.69, 9.17) is 0 Å². The second-order valence-electron chi connectivity index (χ2n) is 8.43. The number of likely N-dealkylation sites (tertiary alicyclic amines) is 1. The number of hydrogen-bond acceptors (Lipinski definition) is 2. The normalized spacial score (nSPS) is 32.9. The molecule has 1 aromatic rings. The first-order chi connectivity index (χ1) is 11.7.